The Morgan fingerprint density at radius 3 is 2.89 bits per heavy atom. The van der Waals surface area contributed by atoms with Crippen LogP contribution >= 0.6 is 11.6 Å². The van der Waals surface area contributed by atoms with Crippen LogP contribution in [0.5, 0.6) is 0 Å². The highest BCUT2D eigenvalue weighted by Crippen LogP contribution is 2.24. The molecular formula is C14H20ClNO2. The second-order valence-corrected chi connectivity index (χ2v) is 5.39. The Morgan fingerprint density at radius 1 is 1.44 bits per heavy atom. The SMILES string of the molecule is C[C@@H]1CN(C[C@H](O)c2ccccc2Cl)[C@@H](C)CO1. The number of halogens is 1. The van der Waals surface area contributed by atoms with Gasteiger partial charge in [-0.05, 0) is 19.9 Å². The van der Waals surface area contributed by atoms with Crippen molar-refractivity contribution in [3.05, 3.63) is 34.9 Å². The molecule has 0 unspecified atom stereocenters. The Kier molecular flexibility index (Phi) is 4.62. The summed E-state index contributed by atoms with van der Waals surface area (Å²) in [5.41, 5.74) is 0.797. The van der Waals surface area contributed by atoms with E-state index in [0.29, 0.717) is 17.6 Å². The molecule has 0 bridgehead atoms. The van der Waals surface area contributed by atoms with Crippen molar-refractivity contribution in [2.75, 3.05) is 19.7 Å². The van der Waals surface area contributed by atoms with Gasteiger partial charge in [0.25, 0.3) is 0 Å². The van der Waals surface area contributed by atoms with Crippen LogP contribution in [-0.2, 0) is 4.74 Å². The maximum Gasteiger partial charge on any atom is 0.0931 e. The quantitative estimate of drug-likeness (QED) is 0.915. The van der Waals surface area contributed by atoms with E-state index >= 15 is 0 Å². The van der Waals surface area contributed by atoms with E-state index in [-0.39, 0.29) is 6.10 Å². The van der Waals surface area contributed by atoms with Crippen molar-refractivity contribution in [3.63, 3.8) is 0 Å². The Morgan fingerprint density at radius 2 is 2.17 bits per heavy atom. The average molecular weight is 270 g/mol. The van der Waals surface area contributed by atoms with Crippen LogP contribution < -0.4 is 0 Å². The first kappa shape index (κ1) is 13.8. The summed E-state index contributed by atoms with van der Waals surface area (Å²) in [5.74, 6) is 0. The van der Waals surface area contributed by atoms with E-state index in [1.807, 2.05) is 24.3 Å². The topological polar surface area (TPSA) is 32.7 Å². The lowest BCUT2D eigenvalue weighted by Crippen LogP contribution is -2.48. The second-order valence-electron chi connectivity index (χ2n) is 4.98. The van der Waals surface area contributed by atoms with Crippen molar-refractivity contribution in [1.29, 1.82) is 0 Å². The summed E-state index contributed by atoms with van der Waals surface area (Å²) in [4.78, 5) is 2.25. The number of aliphatic hydroxyl groups excluding tert-OH is 1. The fraction of sp³-hybridized carbons (Fsp3) is 0.571. The van der Waals surface area contributed by atoms with Crippen molar-refractivity contribution in [1.82, 2.24) is 4.90 Å². The smallest absolute Gasteiger partial charge is 0.0931 e. The number of morpholine rings is 1. The van der Waals surface area contributed by atoms with Gasteiger partial charge in [0.05, 0.1) is 18.8 Å². The van der Waals surface area contributed by atoms with Gasteiger partial charge in [-0.15, -0.1) is 0 Å². The van der Waals surface area contributed by atoms with E-state index in [4.69, 9.17) is 16.3 Å². The largest absolute Gasteiger partial charge is 0.387 e. The molecule has 0 amide bonds. The highest BCUT2D eigenvalue weighted by molar-refractivity contribution is 6.31. The third-order valence-corrected chi connectivity index (χ3v) is 3.75. The molecule has 1 saturated heterocycles. The van der Waals surface area contributed by atoms with E-state index < -0.39 is 6.10 Å². The minimum absolute atomic E-state index is 0.222. The van der Waals surface area contributed by atoms with Crippen LogP contribution in [0.2, 0.25) is 5.02 Å². The second kappa shape index (κ2) is 6.02. The molecule has 0 aromatic heterocycles. The molecule has 1 fully saturated rings. The van der Waals surface area contributed by atoms with Gasteiger partial charge in [-0.2, -0.15) is 0 Å². The zero-order valence-electron chi connectivity index (χ0n) is 10.8. The zero-order valence-corrected chi connectivity index (χ0v) is 11.6. The van der Waals surface area contributed by atoms with E-state index in [9.17, 15) is 5.11 Å². The van der Waals surface area contributed by atoms with Gasteiger partial charge in [0, 0.05) is 29.7 Å². The number of β-amino-alcohol motifs (C(OH)–C–C–N with tert-alkyl or cyclic N) is 1. The van der Waals surface area contributed by atoms with E-state index in [0.717, 1.165) is 18.7 Å². The molecule has 4 heteroatoms. The molecule has 1 aliphatic rings. The molecule has 1 N–H and O–H groups in total. The molecule has 1 aromatic rings. The molecule has 0 radical (unpaired) electrons. The highest BCUT2D eigenvalue weighted by Gasteiger charge is 2.26. The third kappa shape index (κ3) is 3.23. The van der Waals surface area contributed by atoms with Crippen molar-refractivity contribution >= 4 is 11.6 Å². The molecule has 18 heavy (non-hydrogen) atoms. The lowest BCUT2D eigenvalue weighted by molar-refractivity contribution is -0.0619. The number of ether oxygens (including phenoxy) is 1. The number of benzene rings is 1. The van der Waals surface area contributed by atoms with E-state index in [1.54, 1.807) is 0 Å². The minimum atomic E-state index is -0.550. The monoisotopic (exact) mass is 269 g/mol. The summed E-state index contributed by atoms with van der Waals surface area (Å²) >= 11 is 6.10. The Bertz CT molecular complexity index is 399. The third-order valence-electron chi connectivity index (χ3n) is 3.41. The maximum absolute atomic E-state index is 10.3. The van der Waals surface area contributed by atoms with Crippen LogP contribution in [0.1, 0.15) is 25.5 Å². The van der Waals surface area contributed by atoms with Gasteiger partial charge in [-0.3, -0.25) is 4.90 Å². The van der Waals surface area contributed by atoms with Crippen LogP contribution in [0.25, 0.3) is 0 Å². The summed E-state index contributed by atoms with van der Waals surface area (Å²) in [7, 11) is 0. The number of aliphatic hydroxyl groups is 1. The number of hydrogen-bond donors (Lipinski definition) is 1. The van der Waals surface area contributed by atoms with Gasteiger partial charge in [-0.1, -0.05) is 29.8 Å². The van der Waals surface area contributed by atoms with Gasteiger partial charge >= 0.3 is 0 Å². The first-order valence-electron chi connectivity index (χ1n) is 6.36. The molecule has 1 aliphatic heterocycles. The molecule has 0 spiro atoms. The lowest BCUT2D eigenvalue weighted by atomic mass is 10.1. The summed E-state index contributed by atoms with van der Waals surface area (Å²) in [6, 6.07) is 7.79. The molecule has 0 aliphatic carbocycles. The first-order chi connectivity index (χ1) is 8.58. The standard InChI is InChI=1S/C14H20ClNO2/c1-10-9-18-11(2)7-16(10)8-14(17)12-5-3-4-6-13(12)15/h3-6,10-11,14,17H,7-9H2,1-2H3/t10-,11+,14-/m0/s1. The van der Waals surface area contributed by atoms with Crippen molar-refractivity contribution in [2.45, 2.75) is 32.1 Å². The van der Waals surface area contributed by atoms with Gasteiger partial charge in [0.2, 0.25) is 0 Å². The molecule has 3 atom stereocenters. The molecule has 1 heterocycles. The first-order valence-corrected chi connectivity index (χ1v) is 6.74. The Hall–Kier alpha value is -0.610. The van der Waals surface area contributed by atoms with Gasteiger partial charge in [0.1, 0.15) is 0 Å². The molecule has 3 nitrogen and oxygen atoms in total. The average Bonchev–Trinajstić information content (AvgIpc) is 2.34. The Labute approximate surface area is 113 Å². The van der Waals surface area contributed by atoms with Crippen LogP contribution in [0.4, 0.5) is 0 Å². The van der Waals surface area contributed by atoms with E-state index in [1.165, 1.54) is 0 Å². The van der Waals surface area contributed by atoms with Gasteiger partial charge < -0.3 is 9.84 Å². The number of rotatable bonds is 3. The van der Waals surface area contributed by atoms with E-state index in [2.05, 4.69) is 18.7 Å². The number of hydrogen-bond acceptors (Lipinski definition) is 3. The normalized spacial score (nSPS) is 27.1. The number of nitrogens with zero attached hydrogens (tertiary/aromatic N) is 1. The van der Waals surface area contributed by atoms with Gasteiger partial charge in [-0.25, -0.2) is 0 Å². The predicted octanol–water partition coefficient (Wildman–Crippen LogP) is 2.48. The predicted molar refractivity (Wildman–Crippen MR) is 72.9 cm³/mol. The zero-order chi connectivity index (χ0) is 13.1. The molecular weight excluding hydrogens is 250 g/mol. The van der Waals surface area contributed by atoms with Crippen LogP contribution in [-0.4, -0.2) is 41.8 Å². The van der Waals surface area contributed by atoms with Crippen LogP contribution in [0.15, 0.2) is 24.3 Å². The van der Waals surface area contributed by atoms with Crippen molar-refractivity contribution in [2.24, 2.45) is 0 Å². The summed E-state index contributed by atoms with van der Waals surface area (Å²) < 4.78 is 5.58. The fourth-order valence-corrected chi connectivity index (χ4v) is 2.55. The summed E-state index contributed by atoms with van der Waals surface area (Å²) in [5, 5.41) is 10.9. The highest BCUT2D eigenvalue weighted by atomic mass is 35.5. The maximum atomic E-state index is 10.3. The van der Waals surface area contributed by atoms with Gasteiger partial charge in [0.15, 0.2) is 0 Å². The van der Waals surface area contributed by atoms with Crippen molar-refractivity contribution in [3.8, 4) is 0 Å². The van der Waals surface area contributed by atoms with Crippen LogP contribution in [0, 0.1) is 0 Å². The molecule has 1 aromatic carbocycles. The van der Waals surface area contributed by atoms with Crippen LogP contribution in [0.3, 0.4) is 0 Å². The molecule has 0 saturated carbocycles. The van der Waals surface area contributed by atoms with Crippen molar-refractivity contribution < 1.29 is 9.84 Å². The summed E-state index contributed by atoms with van der Waals surface area (Å²) in [6.07, 6.45) is -0.328. The minimum Gasteiger partial charge on any atom is -0.387 e. The molecule has 100 valence electrons. The Balaban J connectivity index is 2.02. The fourth-order valence-electron chi connectivity index (χ4n) is 2.29. The molecule has 2 rings (SSSR count). The lowest BCUT2D eigenvalue weighted by Gasteiger charge is -2.37. The summed E-state index contributed by atoms with van der Waals surface area (Å²) in [6.45, 7) is 6.34.